The lowest BCUT2D eigenvalue weighted by Gasteiger charge is -2.34. The Kier molecular flexibility index (Phi) is 5.15. The molecule has 2 heterocycles. The second-order valence-corrected chi connectivity index (χ2v) is 5.18. The SMILES string of the molecule is COc1ncccc1C(=O)N1CCN(CCBr)CC1. The summed E-state index contributed by atoms with van der Waals surface area (Å²) in [4.78, 5) is 20.7. The van der Waals surface area contributed by atoms with Crippen molar-refractivity contribution in [1.29, 1.82) is 0 Å². The first-order valence-electron chi connectivity index (χ1n) is 6.33. The quantitative estimate of drug-likeness (QED) is 0.781. The fourth-order valence-corrected chi connectivity index (χ4v) is 2.68. The predicted molar refractivity (Wildman–Crippen MR) is 76.9 cm³/mol. The van der Waals surface area contributed by atoms with Crippen LogP contribution in [0.25, 0.3) is 0 Å². The number of aromatic nitrogens is 1. The van der Waals surface area contributed by atoms with Crippen molar-refractivity contribution in [3.63, 3.8) is 0 Å². The van der Waals surface area contributed by atoms with Crippen LogP contribution in [0.2, 0.25) is 0 Å². The van der Waals surface area contributed by atoms with Crippen LogP contribution in [0, 0.1) is 0 Å². The molecule has 0 unspecified atom stereocenters. The van der Waals surface area contributed by atoms with Crippen molar-refractivity contribution >= 4 is 21.8 Å². The Bertz CT molecular complexity index is 434. The van der Waals surface area contributed by atoms with Crippen LogP contribution < -0.4 is 4.74 Å². The van der Waals surface area contributed by atoms with Crippen molar-refractivity contribution in [3.8, 4) is 5.88 Å². The van der Waals surface area contributed by atoms with Gasteiger partial charge in [0.15, 0.2) is 0 Å². The second kappa shape index (κ2) is 6.86. The van der Waals surface area contributed by atoms with Gasteiger partial charge in [0.1, 0.15) is 5.56 Å². The van der Waals surface area contributed by atoms with E-state index < -0.39 is 0 Å². The van der Waals surface area contributed by atoms with Crippen LogP contribution in [0.15, 0.2) is 18.3 Å². The van der Waals surface area contributed by atoms with E-state index in [1.165, 1.54) is 7.11 Å². The number of hydrogen-bond acceptors (Lipinski definition) is 4. The first-order chi connectivity index (χ1) is 9.26. The number of rotatable bonds is 4. The molecule has 104 valence electrons. The van der Waals surface area contributed by atoms with E-state index in [2.05, 4.69) is 25.8 Å². The Morgan fingerprint density at radius 1 is 1.42 bits per heavy atom. The number of nitrogens with zero attached hydrogens (tertiary/aromatic N) is 3. The molecule has 1 fully saturated rings. The zero-order valence-electron chi connectivity index (χ0n) is 11.0. The van der Waals surface area contributed by atoms with Crippen LogP contribution in [-0.4, -0.2) is 65.9 Å². The molecule has 6 heteroatoms. The lowest BCUT2D eigenvalue weighted by molar-refractivity contribution is 0.0641. The average molecular weight is 328 g/mol. The first kappa shape index (κ1) is 14.3. The number of carbonyl (C=O) groups excluding carboxylic acids is 1. The molecule has 0 bridgehead atoms. The number of halogens is 1. The highest BCUT2D eigenvalue weighted by Crippen LogP contribution is 2.17. The van der Waals surface area contributed by atoms with E-state index in [9.17, 15) is 4.79 Å². The van der Waals surface area contributed by atoms with Gasteiger partial charge in [-0.2, -0.15) is 0 Å². The number of methoxy groups -OCH3 is 1. The normalized spacial score (nSPS) is 16.4. The molecule has 0 aliphatic carbocycles. The standard InChI is InChI=1S/C13H18BrN3O2/c1-19-12-11(3-2-5-15-12)13(18)17-9-7-16(6-4-14)8-10-17/h2-3,5H,4,6-10H2,1H3. The number of ether oxygens (including phenoxy) is 1. The highest BCUT2D eigenvalue weighted by molar-refractivity contribution is 9.09. The van der Waals surface area contributed by atoms with Crippen LogP contribution in [0.1, 0.15) is 10.4 Å². The molecule has 1 aromatic heterocycles. The lowest BCUT2D eigenvalue weighted by atomic mass is 10.2. The lowest BCUT2D eigenvalue weighted by Crippen LogP contribution is -2.49. The van der Waals surface area contributed by atoms with Crippen LogP contribution in [-0.2, 0) is 0 Å². The van der Waals surface area contributed by atoms with Gasteiger partial charge in [0.2, 0.25) is 5.88 Å². The van der Waals surface area contributed by atoms with Crippen molar-refractivity contribution in [2.45, 2.75) is 0 Å². The van der Waals surface area contributed by atoms with E-state index in [-0.39, 0.29) is 5.91 Å². The van der Waals surface area contributed by atoms with E-state index in [4.69, 9.17) is 4.74 Å². The summed E-state index contributed by atoms with van der Waals surface area (Å²) < 4.78 is 5.14. The Hall–Kier alpha value is -1.14. The number of piperazine rings is 1. The Balaban J connectivity index is 2.01. The van der Waals surface area contributed by atoms with Crippen molar-refractivity contribution in [2.24, 2.45) is 0 Å². The summed E-state index contributed by atoms with van der Waals surface area (Å²) >= 11 is 3.44. The topological polar surface area (TPSA) is 45.7 Å². The van der Waals surface area contributed by atoms with E-state index in [0.29, 0.717) is 11.4 Å². The molecule has 0 saturated carbocycles. The van der Waals surface area contributed by atoms with Gasteiger partial charge in [0.05, 0.1) is 7.11 Å². The van der Waals surface area contributed by atoms with Gasteiger partial charge in [-0.05, 0) is 12.1 Å². The van der Waals surface area contributed by atoms with Crippen molar-refractivity contribution in [2.75, 3.05) is 45.2 Å². The molecule has 1 amide bonds. The molecule has 0 atom stereocenters. The van der Waals surface area contributed by atoms with Crippen molar-refractivity contribution in [1.82, 2.24) is 14.8 Å². The first-order valence-corrected chi connectivity index (χ1v) is 7.45. The fourth-order valence-electron chi connectivity index (χ4n) is 2.18. The molecule has 0 aromatic carbocycles. The third-order valence-corrected chi connectivity index (χ3v) is 3.61. The van der Waals surface area contributed by atoms with E-state index in [0.717, 1.165) is 38.1 Å². The average Bonchev–Trinajstić information content (AvgIpc) is 2.47. The van der Waals surface area contributed by atoms with Gasteiger partial charge in [0.25, 0.3) is 5.91 Å². The summed E-state index contributed by atoms with van der Waals surface area (Å²) in [6.07, 6.45) is 1.63. The molecule has 0 N–H and O–H groups in total. The Labute approximate surface area is 121 Å². The number of pyridine rings is 1. The summed E-state index contributed by atoms with van der Waals surface area (Å²) in [5, 5.41) is 0.970. The van der Waals surface area contributed by atoms with Crippen LogP contribution >= 0.6 is 15.9 Å². The maximum absolute atomic E-state index is 12.4. The summed E-state index contributed by atoms with van der Waals surface area (Å²) in [5.74, 6) is 0.402. The van der Waals surface area contributed by atoms with Gasteiger partial charge < -0.3 is 9.64 Å². The zero-order valence-corrected chi connectivity index (χ0v) is 12.6. The molecular weight excluding hydrogens is 310 g/mol. The monoisotopic (exact) mass is 327 g/mol. The molecule has 2 rings (SSSR count). The molecule has 5 nitrogen and oxygen atoms in total. The minimum Gasteiger partial charge on any atom is -0.480 e. The van der Waals surface area contributed by atoms with Crippen molar-refractivity contribution < 1.29 is 9.53 Å². The van der Waals surface area contributed by atoms with Gasteiger partial charge in [-0.3, -0.25) is 9.69 Å². The molecule has 1 aromatic rings. The Morgan fingerprint density at radius 2 is 2.16 bits per heavy atom. The number of hydrogen-bond donors (Lipinski definition) is 0. The molecule has 19 heavy (non-hydrogen) atoms. The van der Waals surface area contributed by atoms with Crippen LogP contribution in [0.3, 0.4) is 0 Å². The fraction of sp³-hybridized carbons (Fsp3) is 0.538. The van der Waals surface area contributed by atoms with Gasteiger partial charge >= 0.3 is 0 Å². The molecular formula is C13H18BrN3O2. The third kappa shape index (κ3) is 3.45. The minimum absolute atomic E-state index is 0.00319. The van der Waals surface area contributed by atoms with E-state index in [1.807, 2.05) is 4.90 Å². The molecule has 0 spiro atoms. The zero-order chi connectivity index (χ0) is 13.7. The largest absolute Gasteiger partial charge is 0.480 e. The highest BCUT2D eigenvalue weighted by Gasteiger charge is 2.24. The highest BCUT2D eigenvalue weighted by atomic mass is 79.9. The number of carbonyl (C=O) groups is 1. The summed E-state index contributed by atoms with van der Waals surface area (Å²) in [6.45, 7) is 4.37. The third-order valence-electron chi connectivity index (χ3n) is 3.26. The maximum Gasteiger partial charge on any atom is 0.259 e. The van der Waals surface area contributed by atoms with Gasteiger partial charge in [0, 0.05) is 44.3 Å². The smallest absolute Gasteiger partial charge is 0.259 e. The number of alkyl halides is 1. The number of amides is 1. The van der Waals surface area contributed by atoms with Gasteiger partial charge in [-0.25, -0.2) is 4.98 Å². The summed E-state index contributed by atoms with van der Waals surface area (Å²) in [7, 11) is 1.53. The molecule has 1 saturated heterocycles. The molecule has 1 aliphatic rings. The van der Waals surface area contributed by atoms with Crippen LogP contribution in [0.5, 0.6) is 5.88 Å². The predicted octanol–water partition coefficient (Wildman–Crippen LogP) is 1.24. The van der Waals surface area contributed by atoms with Gasteiger partial charge in [-0.15, -0.1) is 0 Å². The van der Waals surface area contributed by atoms with E-state index >= 15 is 0 Å². The molecule has 1 aliphatic heterocycles. The summed E-state index contributed by atoms with van der Waals surface area (Å²) in [6, 6.07) is 3.52. The maximum atomic E-state index is 12.4. The second-order valence-electron chi connectivity index (χ2n) is 4.38. The van der Waals surface area contributed by atoms with Crippen molar-refractivity contribution in [3.05, 3.63) is 23.9 Å². The Morgan fingerprint density at radius 3 is 2.79 bits per heavy atom. The van der Waals surface area contributed by atoms with E-state index in [1.54, 1.807) is 18.3 Å². The molecule has 0 radical (unpaired) electrons. The minimum atomic E-state index is 0.00319. The van der Waals surface area contributed by atoms with Crippen LogP contribution in [0.4, 0.5) is 0 Å². The van der Waals surface area contributed by atoms with Gasteiger partial charge in [-0.1, -0.05) is 15.9 Å². The summed E-state index contributed by atoms with van der Waals surface area (Å²) in [5.41, 5.74) is 0.541.